The standard InChI is InChI=1S/C13H19NO2S/c15-9-10-3-4-12-13(10)16-6-5-14(12)8-11-2-1-7-17-11/h1-2,7,10,12-13,15H,3-6,8-9H2/t10-,12-,13+/m0/s1. The van der Waals surface area contributed by atoms with Gasteiger partial charge < -0.3 is 9.84 Å². The zero-order chi connectivity index (χ0) is 11.7. The van der Waals surface area contributed by atoms with Gasteiger partial charge in [-0.25, -0.2) is 0 Å². The average molecular weight is 253 g/mol. The first-order valence-electron chi connectivity index (χ1n) is 6.37. The molecule has 0 bridgehead atoms. The molecule has 17 heavy (non-hydrogen) atoms. The highest BCUT2D eigenvalue weighted by Gasteiger charge is 2.42. The van der Waals surface area contributed by atoms with Gasteiger partial charge >= 0.3 is 0 Å². The third-order valence-corrected chi connectivity index (χ3v) is 4.87. The number of ether oxygens (including phenoxy) is 1. The Bertz CT molecular complexity index is 354. The topological polar surface area (TPSA) is 32.7 Å². The maximum Gasteiger partial charge on any atom is 0.0780 e. The Morgan fingerprint density at radius 1 is 1.47 bits per heavy atom. The minimum atomic E-state index is 0.258. The molecule has 2 heterocycles. The van der Waals surface area contributed by atoms with Gasteiger partial charge in [-0.2, -0.15) is 0 Å². The summed E-state index contributed by atoms with van der Waals surface area (Å²) in [5.74, 6) is 0.353. The van der Waals surface area contributed by atoms with Gasteiger partial charge in [0.15, 0.2) is 0 Å². The monoisotopic (exact) mass is 253 g/mol. The molecule has 1 aliphatic heterocycles. The smallest absolute Gasteiger partial charge is 0.0780 e. The first kappa shape index (κ1) is 11.7. The van der Waals surface area contributed by atoms with Crippen LogP contribution >= 0.6 is 11.3 Å². The molecule has 1 aromatic rings. The van der Waals surface area contributed by atoms with Gasteiger partial charge in [0, 0.05) is 36.5 Å². The van der Waals surface area contributed by atoms with E-state index in [0.717, 1.165) is 26.1 Å². The number of nitrogens with zero attached hydrogens (tertiary/aromatic N) is 1. The molecule has 1 saturated heterocycles. The van der Waals surface area contributed by atoms with Crippen LogP contribution in [0.2, 0.25) is 0 Å². The minimum Gasteiger partial charge on any atom is -0.396 e. The fourth-order valence-corrected chi connectivity index (χ4v) is 3.86. The Morgan fingerprint density at radius 3 is 3.18 bits per heavy atom. The molecule has 2 fully saturated rings. The molecule has 0 aromatic carbocycles. The molecule has 0 unspecified atom stereocenters. The van der Waals surface area contributed by atoms with Crippen LogP contribution in [-0.4, -0.2) is 41.9 Å². The second-order valence-corrected chi connectivity index (χ2v) is 6.00. The van der Waals surface area contributed by atoms with Crippen LogP contribution in [0.4, 0.5) is 0 Å². The van der Waals surface area contributed by atoms with E-state index in [9.17, 15) is 5.11 Å². The lowest BCUT2D eigenvalue weighted by molar-refractivity contribution is -0.0827. The lowest BCUT2D eigenvalue weighted by Gasteiger charge is -2.38. The Labute approximate surface area is 106 Å². The van der Waals surface area contributed by atoms with Crippen molar-refractivity contribution in [3.05, 3.63) is 22.4 Å². The summed E-state index contributed by atoms with van der Waals surface area (Å²) >= 11 is 1.83. The highest BCUT2D eigenvalue weighted by atomic mass is 32.1. The van der Waals surface area contributed by atoms with Gasteiger partial charge in [0.25, 0.3) is 0 Å². The summed E-state index contributed by atoms with van der Waals surface area (Å²) in [5.41, 5.74) is 0. The van der Waals surface area contributed by atoms with Crippen molar-refractivity contribution in [3.8, 4) is 0 Å². The lowest BCUT2D eigenvalue weighted by Crippen LogP contribution is -2.49. The van der Waals surface area contributed by atoms with E-state index in [4.69, 9.17) is 4.74 Å². The van der Waals surface area contributed by atoms with E-state index in [1.807, 2.05) is 11.3 Å². The van der Waals surface area contributed by atoms with Crippen molar-refractivity contribution in [2.45, 2.75) is 31.5 Å². The maximum atomic E-state index is 9.35. The van der Waals surface area contributed by atoms with E-state index in [2.05, 4.69) is 22.4 Å². The summed E-state index contributed by atoms with van der Waals surface area (Å²) in [4.78, 5) is 3.97. The van der Waals surface area contributed by atoms with Crippen molar-refractivity contribution in [3.63, 3.8) is 0 Å². The van der Waals surface area contributed by atoms with Crippen molar-refractivity contribution < 1.29 is 9.84 Å². The predicted octanol–water partition coefficient (Wildman–Crippen LogP) is 1.72. The Morgan fingerprint density at radius 2 is 2.41 bits per heavy atom. The third-order valence-electron chi connectivity index (χ3n) is 4.01. The van der Waals surface area contributed by atoms with E-state index < -0.39 is 0 Å². The molecule has 1 N–H and O–H groups in total. The van der Waals surface area contributed by atoms with Crippen molar-refractivity contribution in [2.24, 2.45) is 5.92 Å². The summed E-state index contributed by atoms with van der Waals surface area (Å²) in [6, 6.07) is 4.83. The van der Waals surface area contributed by atoms with Crippen LogP contribution in [0.5, 0.6) is 0 Å². The first-order chi connectivity index (χ1) is 8.38. The zero-order valence-corrected chi connectivity index (χ0v) is 10.7. The number of aliphatic hydroxyl groups excluding tert-OH is 1. The SMILES string of the molecule is OC[C@@H]1CC[C@H]2[C@@H]1OCCN2Cc1cccs1. The van der Waals surface area contributed by atoms with Gasteiger partial charge in [0.2, 0.25) is 0 Å². The molecule has 1 aromatic heterocycles. The van der Waals surface area contributed by atoms with Crippen LogP contribution in [0.3, 0.4) is 0 Å². The van der Waals surface area contributed by atoms with Gasteiger partial charge in [-0.3, -0.25) is 4.90 Å². The summed E-state index contributed by atoms with van der Waals surface area (Å²) in [5, 5.41) is 11.5. The van der Waals surface area contributed by atoms with Crippen molar-refractivity contribution >= 4 is 11.3 Å². The van der Waals surface area contributed by atoms with E-state index >= 15 is 0 Å². The number of aliphatic hydroxyl groups is 1. The zero-order valence-electron chi connectivity index (χ0n) is 9.92. The number of morpholine rings is 1. The lowest BCUT2D eigenvalue weighted by atomic mass is 10.0. The number of fused-ring (bicyclic) bond motifs is 1. The predicted molar refractivity (Wildman–Crippen MR) is 68.1 cm³/mol. The second-order valence-electron chi connectivity index (χ2n) is 4.97. The summed E-state index contributed by atoms with van der Waals surface area (Å²) in [6.45, 7) is 3.15. The van der Waals surface area contributed by atoms with Gasteiger partial charge in [-0.05, 0) is 24.3 Å². The number of hydrogen-bond donors (Lipinski definition) is 1. The Kier molecular flexibility index (Phi) is 3.47. The molecule has 0 spiro atoms. The molecule has 3 rings (SSSR count). The molecule has 2 aliphatic rings. The van der Waals surface area contributed by atoms with Crippen LogP contribution in [0.1, 0.15) is 17.7 Å². The highest BCUT2D eigenvalue weighted by molar-refractivity contribution is 7.09. The molecule has 0 radical (unpaired) electrons. The normalized spacial score (nSPS) is 33.8. The van der Waals surface area contributed by atoms with E-state index in [1.165, 1.54) is 11.3 Å². The van der Waals surface area contributed by atoms with Crippen LogP contribution in [0.15, 0.2) is 17.5 Å². The summed E-state index contributed by atoms with van der Waals surface area (Å²) in [6.07, 6.45) is 2.53. The summed E-state index contributed by atoms with van der Waals surface area (Å²) < 4.78 is 5.86. The molecule has 3 nitrogen and oxygen atoms in total. The average Bonchev–Trinajstić information content (AvgIpc) is 2.97. The molecule has 1 aliphatic carbocycles. The van der Waals surface area contributed by atoms with Crippen LogP contribution in [-0.2, 0) is 11.3 Å². The maximum absolute atomic E-state index is 9.35. The molecule has 1 saturated carbocycles. The van der Waals surface area contributed by atoms with Crippen molar-refractivity contribution in [1.29, 1.82) is 0 Å². The fourth-order valence-electron chi connectivity index (χ4n) is 3.13. The van der Waals surface area contributed by atoms with Gasteiger partial charge in [-0.15, -0.1) is 11.3 Å². The van der Waals surface area contributed by atoms with Gasteiger partial charge in [0.1, 0.15) is 0 Å². The number of rotatable bonds is 3. The van der Waals surface area contributed by atoms with E-state index in [-0.39, 0.29) is 12.7 Å². The molecular weight excluding hydrogens is 234 g/mol. The van der Waals surface area contributed by atoms with Crippen LogP contribution in [0, 0.1) is 5.92 Å². The third kappa shape index (κ3) is 2.27. The highest BCUT2D eigenvalue weighted by Crippen LogP contribution is 2.35. The largest absolute Gasteiger partial charge is 0.396 e. The van der Waals surface area contributed by atoms with Crippen molar-refractivity contribution in [1.82, 2.24) is 4.90 Å². The van der Waals surface area contributed by atoms with Crippen molar-refractivity contribution in [2.75, 3.05) is 19.8 Å². The second kappa shape index (κ2) is 5.06. The van der Waals surface area contributed by atoms with Gasteiger partial charge in [0.05, 0.1) is 12.7 Å². The molecule has 0 amide bonds. The molecule has 3 atom stereocenters. The Hall–Kier alpha value is -0.420. The number of hydrogen-bond acceptors (Lipinski definition) is 4. The minimum absolute atomic E-state index is 0.258. The van der Waals surface area contributed by atoms with Crippen LogP contribution < -0.4 is 0 Å². The fraction of sp³-hybridized carbons (Fsp3) is 0.692. The first-order valence-corrected chi connectivity index (χ1v) is 7.25. The Balaban J connectivity index is 1.69. The van der Waals surface area contributed by atoms with Gasteiger partial charge in [-0.1, -0.05) is 6.07 Å². The molecule has 4 heteroatoms. The molecular formula is C13H19NO2S. The summed E-state index contributed by atoms with van der Waals surface area (Å²) in [7, 11) is 0. The quantitative estimate of drug-likeness (QED) is 0.890. The van der Waals surface area contributed by atoms with Crippen LogP contribution in [0.25, 0.3) is 0 Å². The van der Waals surface area contributed by atoms with E-state index in [0.29, 0.717) is 12.0 Å². The number of thiophene rings is 1. The molecule has 94 valence electrons. The van der Waals surface area contributed by atoms with E-state index in [1.54, 1.807) is 0 Å².